The Morgan fingerprint density at radius 3 is 2.05 bits per heavy atom. The van der Waals surface area contributed by atoms with Crippen LogP contribution in [-0.2, 0) is 16.0 Å². The van der Waals surface area contributed by atoms with Crippen molar-refractivity contribution < 1.29 is 19.5 Å². The third kappa shape index (κ3) is 4.74. The lowest BCUT2D eigenvalue weighted by Gasteiger charge is -2.17. The van der Waals surface area contributed by atoms with Crippen LogP contribution in [0.2, 0.25) is 0 Å². The topological polar surface area (TPSA) is 83.5 Å². The van der Waals surface area contributed by atoms with Gasteiger partial charge >= 0.3 is 5.97 Å². The van der Waals surface area contributed by atoms with E-state index in [1.54, 1.807) is 0 Å². The number of aromatic carboxylic acids is 1. The normalized spacial score (nSPS) is 10.3. The molecule has 0 saturated carbocycles. The van der Waals surface area contributed by atoms with Crippen molar-refractivity contribution in [2.45, 2.75) is 26.7 Å². The summed E-state index contributed by atoms with van der Waals surface area (Å²) in [5.41, 5.74) is 1.45. The Kier molecular flexibility index (Phi) is 7.30. The van der Waals surface area contributed by atoms with Crippen molar-refractivity contribution in [2.24, 2.45) is 0 Å². The summed E-state index contributed by atoms with van der Waals surface area (Å²) < 4.78 is 1.89. The maximum atomic E-state index is 11.5. The zero-order chi connectivity index (χ0) is 16.3. The first-order valence-corrected chi connectivity index (χ1v) is 9.10. The second kappa shape index (κ2) is 8.04. The van der Waals surface area contributed by atoms with Crippen LogP contribution >= 0.6 is 67.8 Å². The Balaban J connectivity index is 3.54. The maximum Gasteiger partial charge on any atom is 0.337 e. The number of Topliss-reactive ketones (excluding diaryl/α,β-unsaturated/α-hetero) is 1. The van der Waals surface area contributed by atoms with Gasteiger partial charge in [-0.25, -0.2) is 4.79 Å². The molecule has 8 heteroatoms. The summed E-state index contributed by atoms with van der Waals surface area (Å²) in [4.78, 5) is 34.0. The number of nitrogens with one attached hydrogen (secondary N) is 1. The first-order valence-electron chi connectivity index (χ1n) is 5.86. The average molecular weight is 627 g/mol. The molecule has 0 atom stereocenters. The molecule has 0 aliphatic heterocycles. The van der Waals surface area contributed by atoms with E-state index in [1.807, 2.05) is 45.2 Å². The van der Waals surface area contributed by atoms with Gasteiger partial charge in [0, 0.05) is 20.5 Å². The molecule has 0 aliphatic rings. The highest BCUT2D eigenvalue weighted by atomic mass is 127. The highest BCUT2D eigenvalue weighted by molar-refractivity contribution is 14.1. The molecule has 1 rings (SSSR count). The summed E-state index contributed by atoms with van der Waals surface area (Å²) in [6.45, 7) is 2.87. The number of halogens is 3. The average Bonchev–Trinajstić information content (AvgIpc) is 2.33. The monoisotopic (exact) mass is 627 g/mol. The molecule has 0 heterocycles. The summed E-state index contributed by atoms with van der Waals surface area (Å²) in [6, 6.07) is 0. The third-order valence-electron chi connectivity index (χ3n) is 2.65. The summed E-state index contributed by atoms with van der Waals surface area (Å²) in [5, 5.41) is 12.1. The van der Waals surface area contributed by atoms with E-state index >= 15 is 0 Å². The van der Waals surface area contributed by atoms with E-state index in [0.717, 1.165) is 9.13 Å². The number of hydrogen-bond acceptors (Lipinski definition) is 3. The van der Waals surface area contributed by atoms with Crippen molar-refractivity contribution in [3.63, 3.8) is 0 Å². The second-order valence-electron chi connectivity index (χ2n) is 4.36. The van der Waals surface area contributed by atoms with E-state index in [1.165, 1.54) is 13.8 Å². The van der Waals surface area contributed by atoms with Gasteiger partial charge in [-0.2, -0.15) is 0 Å². The van der Waals surface area contributed by atoms with E-state index in [4.69, 9.17) is 0 Å². The van der Waals surface area contributed by atoms with E-state index < -0.39 is 5.97 Å². The Morgan fingerprint density at radius 2 is 1.62 bits per heavy atom. The predicted octanol–water partition coefficient (Wildman–Crippen LogP) is 3.68. The maximum absolute atomic E-state index is 11.5. The quantitative estimate of drug-likeness (QED) is 0.489. The lowest BCUT2D eigenvalue weighted by atomic mass is 10.0. The van der Waals surface area contributed by atoms with Crippen molar-refractivity contribution in [1.29, 1.82) is 0 Å². The van der Waals surface area contributed by atoms with Crippen LogP contribution < -0.4 is 5.32 Å². The number of carboxylic acids is 1. The fraction of sp³-hybridized carbons (Fsp3) is 0.308. The molecule has 5 nitrogen and oxygen atoms in total. The van der Waals surface area contributed by atoms with Crippen LogP contribution in [0, 0.1) is 10.7 Å². The van der Waals surface area contributed by atoms with Crippen molar-refractivity contribution in [2.75, 3.05) is 5.32 Å². The van der Waals surface area contributed by atoms with Crippen LogP contribution in [0.15, 0.2) is 0 Å². The molecule has 1 amide bonds. The van der Waals surface area contributed by atoms with Crippen LogP contribution in [0.1, 0.15) is 36.2 Å². The Bertz CT molecular complexity index is 629. The van der Waals surface area contributed by atoms with E-state index in [-0.39, 0.29) is 17.3 Å². The number of carbonyl (C=O) groups is 3. The molecule has 0 unspecified atom stereocenters. The minimum Gasteiger partial charge on any atom is -0.478 e. The number of benzene rings is 1. The van der Waals surface area contributed by atoms with Gasteiger partial charge in [0.1, 0.15) is 5.78 Å². The first kappa shape index (κ1) is 19.1. The van der Waals surface area contributed by atoms with Gasteiger partial charge in [-0.05, 0) is 86.7 Å². The molecule has 0 saturated heterocycles. The summed E-state index contributed by atoms with van der Waals surface area (Å²) in [7, 11) is 0. The highest BCUT2D eigenvalue weighted by Gasteiger charge is 2.24. The Hall–Kier alpha value is 0.0200. The molecule has 0 aromatic heterocycles. The van der Waals surface area contributed by atoms with Gasteiger partial charge in [-0.1, -0.05) is 0 Å². The summed E-state index contributed by atoms with van der Waals surface area (Å²) in [6.07, 6.45) is 0.792. The molecule has 1 aromatic carbocycles. The van der Waals surface area contributed by atoms with Crippen LogP contribution in [0.4, 0.5) is 5.69 Å². The SMILES string of the molecule is CC(=O)CCc1c(I)c(NC(C)=O)c(I)c(C(=O)O)c1I. The van der Waals surface area contributed by atoms with Gasteiger partial charge in [0.25, 0.3) is 0 Å². The van der Waals surface area contributed by atoms with Crippen LogP contribution in [-0.4, -0.2) is 22.8 Å². The summed E-state index contributed by atoms with van der Waals surface area (Å²) >= 11 is 6.00. The lowest BCUT2D eigenvalue weighted by molar-refractivity contribution is -0.117. The number of hydrogen-bond donors (Lipinski definition) is 2. The number of ketones is 1. The fourth-order valence-corrected chi connectivity index (χ4v) is 6.15. The van der Waals surface area contributed by atoms with E-state index in [0.29, 0.717) is 25.7 Å². The molecule has 21 heavy (non-hydrogen) atoms. The zero-order valence-electron chi connectivity index (χ0n) is 11.2. The molecular formula is C13H12I3NO4. The zero-order valence-corrected chi connectivity index (χ0v) is 17.7. The molecule has 0 bridgehead atoms. The fourth-order valence-electron chi connectivity index (χ4n) is 1.71. The van der Waals surface area contributed by atoms with Crippen LogP contribution in [0.3, 0.4) is 0 Å². The number of rotatable bonds is 5. The van der Waals surface area contributed by atoms with Crippen LogP contribution in [0.25, 0.3) is 0 Å². The number of carboxylic acid groups (broad SMARTS) is 1. The van der Waals surface area contributed by atoms with Gasteiger partial charge in [-0.3, -0.25) is 4.79 Å². The van der Waals surface area contributed by atoms with Crippen LogP contribution in [0.5, 0.6) is 0 Å². The molecule has 2 N–H and O–H groups in total. The van der Waals surface area contributed by atoms with Gasteiger partial charge in [0.05, 0.1) is 14.8 Å². The van der Waals surface area contributed by atoms with Gasteiger partial charge < -0.3 is 15.2 Å². The minimum atomic E-state index is -1.05. The Morgan fingerprint density at radius 1 is 1.05 bits per heavy atom. The molecule has 0 fully saturated rings. The number of anilines is 1. The third-order valence-corrected chi connectivity index (χ3v) is 6.11. The predicted molar refractivity (Wildman–Crippen MR) is 105 cm³/mol. The van der Waals surface area contributed by atoms with Crippen molar-refractivity contribution in [1.82, 2.24) is 0 Å². The molecular weight excluding hydrogens is 615 g/mol. The van der Waals surface area contributed by atoms with Gasteiger partial charge in [-0.15, -0.1) is 0 Å². The Labute approximate surface area is 163 Å². The summed E-state index contributed by atoms with van der Waals surface area (Å²) in [5.74, 6) is -1.27. The van der Waals surface area contributed by atoms with Crippen molar-refractivity contribution in [3.8, 4) is 0 Å². The minimum absolute atomic E-state index is 0.0399. The standard InChI is InChI=1S/C13H12I3NO4/c1-5(18)3-4-7-9(14)8(13(20)21)11(16)12(10(7)15)17-6(2)19/h3-4H2,1-2H3,(H,17,19)(H,20,21). The lowest BCUT2D eigenvalue weighted by Crippen LogP contribution is -2.16. The van der Waals surface area contributed by atoms with Gasteiger partial charge in [0.2, 0.25) is 5.91 Å². The van der Waals surface area contributed by atoms with E-state index in [9.17, 15) is 19.5 Å². The number of amides is 1. The first-order chi connectivity index (χ1) is 9.66. The van der Waals surface area contributed by atoms with Crippen molar-refractivity contribution in [3.05, 3.63) is 21.8 Å². The molecule has 0 spiro atoms. The highest BCUT2D eigenvalue weighted by Crippen LogP contribution is 2.36. The van der Waals surface area contributed by atoms with E-state index in [2.05, 4.69) is 27.9 Å². The molecule has 114 valence electrons. The van der Waals surface area contributed by atoms with Gasteiger partial charge in [0.15, 0.2) is 0 Å². The molecule has 1 aromatic rings. The smallest absolute Gasteiger partial charge is 0.337 e. The number of carbonyl (C=O) groups excluding carboxylic acids is 2. The molecule has 0 aliphatic carbocycles. The second-order valence-corrected chi connectivity index (χ2v) is 7.60. The van der Waals surface area contributed by atoms with Crippen molar-refractivity contribution >= 4 is 91.1 Å². The molecule has 0 radical (unpaired) electrons. The largest absolute Gasteiger partial charge is 0.478 e.